The number of carbonyl (C=O) groups is 1. The van der Waals surface area contributed by atoms with Crippen LogP contribution in [0.15, 0.2) is 60.7 Å². The molecule has 0 saturated heterocycles. The van der Waals surface area contributed by atoms with Crippen LogP contribution >= 0.6 is 0 Å². The fourth-order valence-electron chi connectivity index (χ4n) is 1.69. The van der Waals surface area contributed by atoms with E-state index < -0.39 is 16.4 Å². The van der Waals surface area contributed by atoms with Gasteiger partial charge in [0.25, 0.3) is 0 Å². The molecule has 24 heavy (non-hydrogen) atoms. The maximum absolute atomic E-state index is 11.6. The van der Waals surface area contributed by atoms with Crippen molar-refractivity contribution in [2.75, 3.05) is 5.01 Å². The summed E-state index contributed by atoms with van der Waals surface area (Å²) in [7, 11) is -4.67. The SMILES string of the molecule is NNC(=O)N(N)N(c1ccccc1)c1ccccc1.O=S(=O)(O)O. The van der Waals surface area contributed by atoms with Crippen LogP contribution in [0.25, 0.3) is 0 Å². The fourth-order valence-corrected chi connectivity index (χ4v) is 1.69. The van der Waals surface area contributed by atoms with Crippen molar-refractivity contribution in [1.29, 1.82) is 0 Å². The highest BCUT2D eigenvalue weighted by molar-refractivity contribution is 7.79. The zero-order valence-electron chi connectivity index (χ0n) is 12.4. The lowest BCUT2D eigenvalue weighted by Crippen LogP contribution is -2.55. The number of urea groups is 1. The number of nitrogens with two attached hydrogens (primary N) is 2. The first-order valence-electron chi connectivity index (χ1n) is 6.39. The minimum atomic E-state index is -4.67. The minimum absolute atomic E-state index is 0.618. The van der Waals surface area contributed by atoms with Crippen molar-refractivity contribution in [1.82, 2.24) is 10.5 Å². The molecule has 0 bridgehead atoms. The molecule has 2 aromatic rings. The van der Waals surface area contributed by atoms with Crippen molar-refractivity contribution in [2.24, 2.45) is 11.7 Å². The Labute approximate surface area is 138 Å². The predicted octanol–water partition coefficient (Wildman–Crippen LogP) is 0.846. The van der Waals surface area contributed by atoms with Gasteiger partial charge < -0.3 is 0 Å². The standard InChI is InChI=1S/C13H15N5O.H2O4S/c14-16-13(19)18(15)17(11-7-3-1-4-8-11)12-9-5-2-6-10-12;1-5(2,3)4/h1-10H,14-15H2,(H,16,19);(H2,1,2,3,4). The first-order valence-corrected chi connectivity index (χ1v) is 7.79. The van der Waals surface area contributed by atoms with Crippen LogP contribution in [0.4, 0.5) is 16.2 Å². The fraction of sp³-hybridized carbons (Fsp3) is 0. The zero-order chi connectivity index (χ0) is 18.2. The number of nitrogens with one attached hydrogen (secondary N) is 1. The van der Waals surface area contributed by atoms with E-state index in [-0.39, 0.29) is 0 Å². The average Bonchev–Trinajstić information content (AvgIpc) is 2.54. The maximum atomic E-state index is 11.6. The summed E-state index contributed by atoms with van der Waals surface area (Å²) < 4.78 is 31.6. The largest absolute Gasteiger partial charge is 0.394 e. The average molecular weight is 355 g/mol. The molecule has 2 amide bonds. The molecular formula is C13H17N5O5S. The smallest absolute Gasteiger partial charge is 0.273 e. The molecule has 0 spiro atoms. The van der Waals surface area contributed by atoms with Gasteiger partial charge in [-0.1, -0.05) is 36.4 Å². The predicted molar refractivity (Wildman–Crippen MR) is 87.9 cm³/mol. The van der Waals surface area contributed by atoms with Crippen molar-refractivity contribution in [3.8, 4) is 0 Å². The van der Waals surface area contributed by atoms with Crippen molar-refractivity contribution in [3.05, 3.63) is 60.7 Å². The van der Waals surface area contributed by atoms with Crippen LogP contribution < -0.4 is 22.1 Å². The van der Waals surface area contributed by atoms with Crippen LogP contribution in [0, 0.1) is 0 Å². The van der Waals surface area contributed by atoms with Gasteiger partial charge >= 0.3 is 16.4 Å². The van der Waals surface area contributed by atoms with E-state index >= 15 is 0 Å². The van der Waals surface area contributed by atoms with Crippen LogP contribution in [-0.4, -0.2) is 28.7 Å². The van der Waals surface area contributed by atoms with Crippen LogP contribution in [-0.2, 0) is 10.4 Å². The van der Waals surface area contributed by atoms with Crippen molar-refractivity contribution in [3.63, 3.8) is 0 Å². The summed E-state index contributed by atoms with van der Waals surface area (Å²) in [5, 5.41) is 2.48. The van der Waals surface area contributed by atoms with Crippen LogP contribution in [0.1, 0.15) is 0 Å². The topological polar surface area (TPSA) is 162 Å². The minimum Gasteiger partial charge on any atom is -0.273 e. The number of rotatable bonds is 3. The molecule has 11 heteroatoms. The molecule has 0 heterocycles. The Balaban J connectivity index is 0.000000505. The molecule has 10 nitrogen and oxygen atoms in total. The Bertz CT molecular complexity index is 694. The molecule has 0 atom stereocenters. The van der Waals surface area contributed by atoms with Gasteiger partial charge in [-0.25, -0.2) is 21.5 Å². The Kier molecular flexibility index (Phi) is 7.10. The van der Waals surface area contributed by atoms with E-state index in [0.29, 0.717) is 0 Å². The third kappa shape index (κ3) is 6.60. The molecule has 0 aliphatic rings. The van der Waals surface area contributed by atoms with E-state index in [0.717, 1.165) is 16.5 Å². The Morgan fingerprint density at radius 1 is 0.917 bits per heavy atom. The van der Waals surface area contributed by atoms with Gasteiger partial charge in [0.1, 0.15) is 0 Å². The number of carbonyl (C=O) groups excluding carboxylic acids is 1. The summed E-state index contributed by atoms with van der Waals surface area (Å²) in [6, 6.07) is 18.0. The highest BCUT2D eigenvalue weighted by Gasteiger charge is 2.19. The summed E-state index contributed by atoms with van der Waals surface area (Å²) in [4.78, 5) is 11.6. The molecule has 0 fully saturated rings. The van der Waals surface area contributed by atoms with Gasteiger partial charge in [0, 0.05) is 0 Å². The van der Waals surface area contributed by atoms with E-state index in [1.165, 1.54) is 0 Å². The molecule has 0 radical (unpaired) electrons. The molecular weight excluding hydrogens is 338 g/mol. The zero-order valence-corrected chi connectivity index (χ0v) is 13.2. The van der Waals surface area contributed by atoms with Crippen molar-refractivity contribution >= 4 is 27.8 Å². The summed E-state index contributed by atoms with van der Waals surface area (Å²) in [5.41, 5.74) is 3.50. The van der Waals surface area contributed by atoms with Gasteiger partial charge in [-0.15, -0.1) is 0 Å². The first-order chi connectivity index (χ1) is 11.2. The van der Waals surface area contributed by atoms with E-state index in [1.807, 2.05) is 66.1 Å². The van der Waals surface area contributed by atoms with Gasteiger partial charge in [0.2, 0.25) is 0 Å². The monoisotopic (exact) mass is 355 g/mol. The van der Waals surface area contributed by atoms with Gasteiger partial charge in [-0.2, -0.15) is 13.5 Å². The molecule has 2 rings (SSSR count). The third-order valence-electron chi connectivity index (χ3n) is 2.55. The highest BCUT2D eigenvalue weighted by Crippen LogP contribution is 2.25. The van der Waals surface area contributed by atoms with Crippen molar-refractivity contribution < 1.29 is 22.3 Å². The first kappa shape index (κ1) is 19.3. The number of hydrogen-bond acceptors (Lipinski definition) is 6. The Hall–Kier alpha value is -2.70. The molecule has 0 aliphatic carbocycles. The van der Waals surface area contributed by atoms with Crippen LogP contribution in [0.5, 0.6) is 0 Å². The quantitative estimate of drug-likeness (QED) is 0.234. The number of para-hydroxylation sites is 2. The van der Waals surface area contributed by atoms with E-state index in [2.05, 4.69) is 0 Å². The number of amides is 2. The number of nitrogens with zero attached hydrogens (tertiary/aromatic N) is 2. The van der Waals surface area contributed by atoms with E-state index in [9.17, 15) is 4.79 Å². The molecule has 0 unspecified atom stereocenters. The Morgan fingerprint density at radius 2 is 1.25 bits per heavy atom. The second-order valence-electron chi connectivity index (χ2n) is 4.22. The number of hydrazine groups is 3. The summed E-state index contributed by atoms with van der Waals surface area (Å²) >= 11 is 0. The van der Waals surface area contributed by atoms with Crippen LogP contribution in [0.3, 0.4) is 0 Å². The van der Waals surface area contributed by atoms with Gasteiger partial charge in [0.15, 0.2) is 0 Å². The normalized spacial score (nSPS) is 10.2. The lowest BCUT2D eigenvalue weighted by atomic mass is 10.2. The number of anilines is 2. The van der Waals surface area contributed by atoms with Gasteiger partial charge in [0.05, 0.1) is 11.4 Å². The summed E-state index contributed by atoms with van der Waals surface area (Å²) in [6.45, 7) is 0. The Morgan fingerprint density at radius 3 is 1.54 bits per heavy atom. The molecule has 0 aromatic heterocycles. The highest BCUT2D eigenvalue weighted by atomic mass is 32.3. The summed E-state index contributed by atoms with van der Waals surface area (Å²) in [5.74, 6) is 10.9. The number of benzene rings is 2. The second kappa shape index (κ2) is 8.81. The lowest BCUT2D eigenvalue weighted by Gasteiger charge is -2.32. The second-order valence-corrected chi connectivity index (χ2v) is 5.12. The van der Waals surface area contributed by atoms with E-state index in [1.54, 1.807) is 5.01 Å². The van der Waals surface area contributed by atoms with Gasteiger partial charge in [-0.05, 0) is 24.3 Å². The molecule has 0 aliphatic heterocycles. The molecule has 130 valence electrons. The molecule has 2 aromatic carbocycles. The number of hydrogen-bond donors (Lipinski definition) is 5. The lowest BCUT2D eigenvalue weighted by molar-refractivity contribution is 0.199. The van der Waals surface area contributed by atoms with E-state index in [4.69, 9.17) is 29.2 Å². The third-order valence-corrected chi connectivity index (χ3v) is 2.55. The van der Waals surface area contributed by atoms with Crippen LogP contribution in [0.2, 0.25) is 0 Å². The molecule has 7 N–H and O–H groups in total. The van der Waals surface area contributed by atoms with Gasteiger partial charge in [-0.3, -0.25) is 14.5 Å². The maximum Gasteiger partial charge on any atom is 0.394 e. The van der Waals surface area contributed by atoms with Crippen molar-refractivity contribution in [2.45, 2.75) is 0 Å². The molecule has 0 saturated carbocycles. The summed E-state index contributed by atoms with van der Waals surface area (Å²) in [6.07, 6.45) is 0.